The molecule has 0 aliphatic heterocycles. The Bertz CT molecular complexity index is 546. The highest BCUT2D eigenvalue weighted by Crippen LogP contribution is 2.64. The second-order valence-electron chi connectivity index (χ2n) is 9.35. The van der Waals surface area contributed by atoms with Crippen molar-refractivity contribution in [3.63, 3.8) is 0 Å². The van der Waals surface area contributed by atoms with Crippen molar-refractivity contribution in [2.75, 3.05) is 0 Å². The molecule has 0 spiro atoms. The lowest BCUT2D eigenvalue weighted by Crippen LogP contribution is -2.50. The summed E-state index contributed by atoms with van der Waals surface area (Å²) in [6, 6.07) is 0. The quantitative estimate of drug-likeness (QED) is 0.679. The standard InChI is InChI=1S/C20H30O2/c1-18(22)10-11-19(2)13(12-18)4-5-14-15-6-7-17(21)20(15,3)9-8-16(14)19/h8,13-15,22H,4-7,9-12H2,1-3H3/t13-,14-,15-,18+,19-,20-/m0/s1. The van der Waals surface area contributed by atoms with E-state index in [1.165, 1.54) is 12.8 Å². The first-order valence-corrected chi connectivity index (χ1v) is 9.22. The van der Waals surface area contributed by atoms with Crippen LogP contribution in [0.1, 0.15) is 72.1 Å². The van der Waals surface area contributed by atoms with Gasteiger partial charge in [-0.05, 0) is 75.0 Å². The fourth-order valence-electron chi connectivity index (χ4n) is 6.48. The predicted molar refractivity (Wildman–Crippen MR) is 87.3 cm³/mol. The van der Waals surface area contributed by atoms with Crippen LogP contribution in [-0.4, -0.2) is 16.5 Å². The number of rotatable bonds is 0. The highest BCUT2D eigenvalue weighted by Gasteiger charge is 2.57. The van der Waals surface area contributed by atoms with Crippen molar-refractivity contribution in [1.29, 1.82) is 0 Å². The highest BCUT2D eigenvalue weighted by atomic mass is 16.3. The minimum absolute atomic E-state index is 0.0719. The van der Waals surface area contributed by atoms with E-state index in [4.69, 9.17) is 0 Å². The molecule has 0 aromatic heterocycles. The van der Waals surface area contributed by atoms with Gasteiger partial charge < -0.3 is 5.11 Å². The van der Waals surface area contributed by atoms with Crippen LogP contribution < -0.4 is 0 Å². The van der Waals surface area contributed by atoms with Crippen molar-refractivity contribution in [3.8, 4) is 0 Å². The first kappa shape index (κ1) is 14.9. The number of allylic oxidation sites excluding steroid dienone is 2. The number of hydrogen-bond donors (Lipinski definition) is 1. The van der Waals surface area contributed by atoms with Gasteiger partial charge in [-0.1, -0.05) is 25.5 Å². The average Bonchev–Trinajstić information content (AvgIpc) is 2.76. The summed E-state index contributed by atoms with van der Waals surface area (Å²) in [6.45, 7) is 6.69. The number of hydrogen-bond acceptors (Lipinski definition) is 2. The Morgan fingerprint density at radius 3 is 2.64 bits per heavy atom. The molecule has 2 heteroatoms. The first-order chi connectivity index (χ1) is 10.3. The van der Waals surface area contributed by atoms with Crippen LogP contribution >= 0.6 is 0 Å². The minimum atomic E-state index is -0.468. The van der Waals surface area contributed by atoms with Gasteiger partial charge in [0.2, 0.25) is 0 Å². The van der Waals surface area contributed by atoms with Crippen LogP contribution in [0.4, 0.5) is 0 Å². The van der Waals surface area contributed by atoms with Gasteiger partial charge in [-0.25, -0.2) is 0 Å². The van der Waals surface area contributed by atoms with E-state index in [0.29, 0.717) is 23.5 Å². The molecule has 22 heavy (non-hydrogen) atoms. The van der Waals surface area contributed by atoms with E-state index in [0.717, 1.165) is 38.5 Å². The second-order valence-corrected chi connectivity index (χ2v) is 9.35. The molecule has 6 atom stereocenters. The average molecular weight is 302 g/mol. The van der Waals surface area contributed by atoms with Crippen molar-refractivity contribution in [2.45, 2.75) is 77.7 Å². The highest BCUT2D eigenvalue weighted by molar-refractivity contribution is 5.87. The van der Waals surface area contributed by atoms with Crippen molar-refractivity contribution in [2.24, 2.45) is 28.6 Å². The third-order valence-electron chi connectivity index (χ3n) is 8.02. The summed E-state index contributed by atoms with van der Waals surface area (Å²) in [4.78, 5) is 12.4. The van der Waals surface area contributed by atoms with Gasteiger partial charge in [0.1, 0.15) is 5.78 Å². The number of Topliss-reactive ketones (excluding diaryl/α,β-unsaturated/α-hetero) is 1. The van der Waals surface area contributed by atoms with Crippen LogP contribution in [0.3, 0.4) is 0 Å². The van der Waals surface area contributed by atoms with Gasteiger partial charge in [-0.2, -0.15) is 0 Å². The summed E-state index contributed by atoms with van der Waals surface area (Å²) in [5, 5.41) is 10.5. The molecular weight excluding hydrogens is 272 g/mol. The minimum Gasteiger partial charge on any atom is -0.390 e. The van der Waals surface area contributed by atoms with E-state index >= 15 is 0 Å². The van der Waals surface area contributed by atoms with Crippen molar-refractivity contribution in [3.05, 3.63) is 11.6 Å². The van der Waals surface area contributed by atoms with Gasteiger partial charge in [-0.3, -0.25) is 4.79 Å². The number of fused-ring (bicyclic) bond motifs is 5. The fourth-order valence-corrected chi connectivity index (χ4v) is 6.48. The van der Waals surface area contributed by atoms with Crippen LogP contribution in [0.5, 0.6) is 0 Å². The van der Waals surface area contributed by atoms with Crippen LogP contribution in [-0.2, 0) is 4.79 Å². The molecule has 4 rings (SSSR count). The fraction of sp³-hybridized carbons (Fsp3) is 0.850. The van der Waals surface area contributed by atoms with E-state index in [-0.39, 0.29) is 10.8 Å². The molecule has 3 saturated carbocycles. The zero-order valence-corrected chi connectivity index (χ0v) is 14.3. The lowest BCUT2D eigenvalue weighted by atomic mass is 9.48. The molecule has 4 aliphatic carbocycles. The Hall–Kier alpha value is -0.630. The SMILES string of the molecule is C[C@@]1(O)CC[C@]2(C)C3=CC[C@]4(C)C(=O)CC[C@H]4[C@@H]3CC[C@H]2C1. The van der Waals surface area contributed by atoms with E-state index in [9.17, 15) is 9.90 Å². The van der Waals surface area contributed by atoms with Gasteiger partial charge in [0.15, 0.2) is 0 Å². The smallest absolute Gasteiger partial charge is 0.139 e. The molecule has 4 aliphatic rings. The Balaban J connectivity index is 1.70. The number of carbonyl (C=O) groups is 1. The molecule has 0 amide bonds. The molecule has 0 saturated heterocycles. The summed E-state index contributed by atoms with van der Waals surface area (Å²) < 4.78 is 0. The summed E-state index contributed by atoms with van der Waals surface area (Å²) in [5.41, 5.74) is 1.40. The molecule has 0 heterocycles. The molecular formula is C20H30O2. The zero-order chi connectivity index (χ0) is 15.8. The molecule has 2 nitrogen and oxygen atoms in total. The normalized spacial score (nSPS) is 54.3. The van der Waals surface area contributed by atoms with Gasteiger partial charge in [0, 0.05) is 11.8 Å². The molecule has 0 aromatic carbocycles. The van der Waals surface area contributed by atoms with Crippen LogP contribution in [0, 0.1) is 28.6 Å². The van der Waals surface area contributed by atoms with Crippen molar-refractivity contribution >= 4 is 5.78 Å². The van der Waals surface area contributed by atoms with Crippen LogP contribution in [0.2, 0.25) is 0 Å². The van der Waals surface area contributed by atoms with E-state index < -0.39 is 5.60 Å². The maximum atomic E-state index is 12.4. The molecule has 3 fully saturated rings. The largest absolute Gasteiger partial charge is 0.390 e. The van der Waals surface area contributed by atoms with Gasteiger partial charge >= 0.3 is 0 Å². The molecule has 0 bridgehead atoms. The number of ketones is 1. The Kier molecular flexibility index (Phi) is 3.03. The van der Waals surface area contributed by atoms with Gasteiger partial charge in [0.25, 0.3) is 0 Å². The lowest BCUT2D eigenvalue weighted by Gasteiger charge is -2.57. The van der Waals surface area contributed by atoms with E-state index in [1.807, 2.05) is 6.92 Å². The summed E-state index contributed by atoms with van der Waals surface area (Å²) in [7, 11) is 0. The Labute approximate surface area is 134 Å². The number of aliphatic hydroxyl groups is 1. The van der Waals surface area contributed by atoms with E-state index in [1.54, 1.807) is 5.57 Å². The molecule has 0 unspecified atom stereocenters. The Morgan fingerprint density at radius 1 is 1.09 bits per heavy atom. The second kappa shape index (κ2) is 4.47. The topological polar surface area (TPSA) is 37.3 Å². The molecule has 122 valence electrons. The lowest BCUT2D eigenvalue weighted by molar-refractivity contribution is -0.127. The van der Waals surface area contributed by atoms with Gasteiger partial charge in [0.05, 0.1) is 5.60 Å². The maximum absolute atomic E-state index is 12.4. The summed E-state index contributed by atoms with van der Waals surface area (Å²) >= 11 is 0. The molecule has 0 radical (unpaired) electrons. The molecule has 1 N–H and O–H groups in total. The summed E-state index contributed by atoms with van der Waals surface area (Å²) in [6.07, 6.45) is 10.8. The maximum Gasteiger partial charge on any atom is 0.139 e. The van der Waals surface area contributed by atoms with Crippen molar-refractivity contribution < 1.29 is 9.90 Å². The van der Waals surface area contributed by atoms with Crippen LogP contribution in [0.15, 0.2) is 11.6 Å². The van der Waals surface area contributed by atoms with Crippen molar-refractivity contribution in [1.82, 2.24) is 0 Å². The molecule has 0 aromatic rings. The van der Waals surface area contributed by atoms with E-state index in [2.05, 4.69) is 19.9 Å². The predicted octanol–water partition coefficient (Wildman–Crippen LogP) is 4.27. The third-order valence-corrected chi connectivity index (χ3v) is 8.02. The monoisotopic (exact) mass is 302 g/mol. The third kappa shape index (κ3) is 1.85. The van der Waals surface area contributed by atoms with Crippen LogP contribution in [0.25, 0.3) is 0 Å². The zero-order valence-electron chi connectivity index (χ0n) is 14.3. The van der Waals surface area contributed by atoms with Gasteiger partial charge in [-0.15, -0.1) is 0 Å². The Morgan fingerprint density at radius 2 is 1.86 bits per heavy atom. The first-order valence-electron chi connectivity index (χ1n) is 9.22. The number of carbonyl (C=O) groups excluding carboxylic acids is 1. The summed E-state index contributed by atoms with van der Waals surface area (Å²) in [5.74, 6) is 2.35.